The maximum Gasteiger partial charge on any atom is 0.573 e. The fourth-order valence-corrected chi connectivity index (χ4v) is 1.82. The number of rotatable bonds is 3. The molecular formula is C14H13F3N2O. The van der Waals surface area contributed by atoms with Gasteiger partial charge in [0.05, 0.1) is 5.69 Å². The number of ether oxygens (including phenoxy) is 1. The molecule has 0 bridgehead atoms. The lowest BCUT2D eigenvalue weighted by Crippen LogP contribution is -2.17. The predicted octanol–water partition coefficient (Wildman–Crippen LogP) is 4.22. The van der Waals surface area contributed by atoms with Gasteiger partial charge in [0.25, 0.3) is 0 Å². The van der Waals surface area contributed by atoms with E-state index in [0.717, 1.165) is 5.56 Å². The second-order valence-electron chi connectivity index (χ2n) is 4.30. The van der Waals surface area contributed by atoms with Gasteiger partial charge in [-0.1, -0.05) is 12.1 Å². The second-order valence-corrected chi connectivity index (χ2v) is 4.30. The van der Waals surface area contributed by atoms with Gasteiger partial charge in [0.1, 0.15) is 0 Å². The molecule has 106 valence electrons. The monoisotopic (exact) mass is 282 g/mol. The zero-order valence-corrected chi connectivity index (χ0v) is 10.7. The maximum absolute atomic E-state index is 12.3. The standard InChI is InChI=1S/C14H13F3N2O/c1-9-6-10(18)8-11(7-9)19-12-4-2-3-5-13(12)20-14(15,16)17/h2-8,19H,18H2,1H3. The lowest BCUT2D eigenvalue weighted by atomic mass is 10.2. The highest BCUT2D eigenvalue weighted by Gasteiger charge is 2.32. The van der Waals surface area contributed by atoms with E-state index >= 15 is 0 Å². The summed E-state index contributed by atoms with van der Waals surface area (Å²) in [5.74, 6) is -0.292. The second kappa shape index (κ2) is 5.32. The molecule has 0 spiro atoms. The zero-order chi connectivity index (χ0) is 14.8. The molecule has 20 heavy (non-hydrogen) atoms. The molecule has 3 nitrogen and oxygen atoms in total. The lowest BCUT2D eigenvalue weighted by molar-refractivity contribution is -0.274. The van der Waals surface area contributed by atoms with Gasteiger partial charge in [0, 0.05) is 11.4 Å². The third-order valence-electron chi connectivity index (χ3n) is 2.49. The Hall–Kier alpha value is -2.37. The van der Waals surface area contributed by atoms with Crippen molar-refractivity contribution in [2.24, 2.45) is 0 Å². The van der Waals surface area contributed by atoms with Crippen molar-refractivity contribution in [3.05, 3.63) is 48.0 Å². The van der Waals surface area contributed by atoms with Crippen LogP contribution in [-0.2, 0) is 0 Å². The highest BCUT2D eigenvalue weighted by Crippen LogP contribution is 2.32. The summed E-state index contributed by atoms with van der Waals surface area (Å²) in [6.45, 7) is 1.85. The van der Waals surface area contributed by atoms with Crippen LogP contribution in [0.3, 0.4) is 0 Å². The topological polar surface area (TPSA) is 47.3 Å². The summed E-state index contributed by atoms with van der Waals surface area (Å²) in [7, 11) is 0. The van der Waals surface area contributed by atoms with Crippen LogP contribution in [0.4, 0.5) is 30.2 Å². The van der Waals surface area contributed by atoms with Crippen molar-refractivity contribution < 1.29 is 17.9 Å². The van der Waals surface area contributed by atoms with Crippen molar-refractivity contribution in [2.75, 3.05) is 11.1 Å². The molecule has 0 unspecified atom stereocenters. The molecule has 0 atom stereocenters. The first-order valence-electron chi connectivity index (χ1n) is 5.82. The Bertz CT molecular complexity index is 591. The molecule has 0 fully saturated rings. The molecule has 0 heterocycles. The number of aryl methyl sites for hydroxylation is 1. The number of nitrogens with two attached hydrogens (primary N) is 1. The van der Waals surface area contributed by atoms with E-state index in [-0.39, 0.29) is 11.4 Å². The van der Waals surface area contributed by atoms with Crippen LogP contribution in [0.1, 0.15) is 5.56 Å². The molecule has 0 aromatic heterocycles. The highest BCUT2D eigenvalue weighted by molar-refractivity contribution is 5.69. The van der Waals surface area contributed by atoms with Crippen molar-refractivity contribution in [1.29, 1.82) is 0 Å². The van der Waals surface area contributed by atoms with E-state index in [4.69, 9.17) is 5.73 Å². The number of nitrogens with one attached hydrogen (secondary N) is 1. The van der Waals surface area contributed by atoms with Crippen molar-refractivity contribution >= 4 is 17.1 Å². The molecule has 0 aliphatic rings. The summed E-state index contributed by atoms with van der Waals surface area (Å²) in [5, 5.41) is 2.87. The van der Waals surface area contributed by atoms with Crippen molar-refractivity contribution in [1.82, 2.24) is 0 Å². The predicted molar refractivity (Wildman–Crippen MR) is 72.0 cm³/mol. The average Bonchev–Trinajstić information content (AvgIpc) is 2.28. The Morgan fingerprint density at radius 2 is 1.80 bits per heavy atom. The molecule has 0 saturated carbocycles. The largest absolute Gasteiger partial charge is 0.573 e. The van der Waals surface area contributed by atoms with E-state index in [9.17, 15) is 13.2 Å². The number of halogens is 3. The molecule has 3 N–H and O–H groups in total. The number of nitrogen functional groups attached to an aromatic ring is 1. The van der Waals surface area contributed by atoms with Gasteiger partial charge >= 0.3 is 6.36 Å². The number of alkyl halides is 3. The first kappa shape index (κ1) is 14.0. The summed E-state index contributed by atoms with van der Waals surface area (Å²) in [5.41, 5.74) is 7.95. The number of anilines is 3. The summed E-state index contributed by atoms with van der Waals surface area (Å²) in [6, 6.07) is 11.0. The summed E-state index contributed by atoms with van der Waals surface area (Å²) in [6.07, 6.45) is -4.73. The number of hydrogen-bond acceptors (Lipinski definition) is 3. The molecule has 6 heteroatoms. The van der Waals surface area contributed by atoms with Crippen LogP contribution in [0, 0.1) is 6.92 Å². The van der Waals surface area contributed by atoms with Crippen molar-refractivity contribution in [3.63, 3.8) is 0 Å². The molecule has 0 aliphatic heterocycles. The number of benzene rings is 2. The minimum Gasteiger partial charge on any atom is -0.404 e. The average molecular weight is 282 g/mol. The van der Waals surface area contributed by atoms with Crippen LogP contribution in [0.15, 0.2) is 42.5 Å². The summed E-state index contributed by atoms with van der Waals surface area (Å²) in [4.78, 5) is 0. The highest BCUT2D eigenvalue weighted by atomic mass is 19.4. The molecule has 2 aromatic carbocycles. The molecular weight excluding hydrogens is 269 g/mol. The van der Waals surface area contributed by atoms with E-state index in [1.807, 2.05) is 6.92 Å². The number of hydrogen-bond donors (Lipinski definition) is 2. The molecule has 0 aliphatic carbocycles. The Morgan fingerprint density at radius 3 is 2.45 bits per heavy atom. The molecule has 2 rings (SSSR count). The van der Waals surface area contributed by atoms with E-state index in [1.54, 1.807) is 24.3 Å². The lowest BCUT2D eigenvalue weighted by Gasteiger charge is -2.15. The smallest absolute Gasteiger partial charge is 0.404 e. The van der Waals surface area contributed by atoms with E-state index in [0.29, 0.717) is 11.4 Å². The van der Waals surface area contributed by atoms with Crippen molar-refractivity contribution in [2.45, 2.75) is 13.3 Å². The Kier molecular flexibility index (Phi) is 3.74. The Balaban J connectivity index is 2.29. The molecule has 0 radical (unpaired) electrons. The van der Waals surface area contributed by atoms with E-state index in [1.165, 1.54) is 18.2 Å². The van der Waals surface area contributed by atoms with Gasteiger partial charge < -0.3 is 15.8 Å². The Labute approximate surface area is 114 Å². The number of para-hydroxylation sites is 2. The van der Waals surface area contributed by atoms with Crippen LogP contribution < -0.4 is 15.8 Å². The van der Waals surface area contributed by atoms with Crippen molar-refractivity contribution in [3.8, 4) is 5.75 Å². The minimum atomic E-state index is -4.73. The van der Waals surface area contributed by atoms with Gasteiger partial charge in [-0.15, -0.1) is 13.2 Å². The van der Waals surface area contributed by atoms with Gasteiger partial charge in [-0.2, -0.15) is 0 Å². The van der Waals surface area contributed by atoms with E-state index in [2.05, 4.69) is 10.1 Å². The summed E-state index contributed by atoms with van der Waals surface area (Å²) >= 11 is 0. The van der Waals surface area contributed by atoms with Crippen LogP contribution in [0.25, 0.3) is 0 Å². The summed E-state index contributed by atoms with van der Waals surface area (Å²) < 4.78 is 40.9. The quantitative estimate of drug-likeness (QED) is 0.829. The van der Waals surface area contributed by atoms with Gasteiger partial charge in [0.2, 0.25) is 0 Å². The zero-order valence-electron chi connectivity index (χ0n) is 10.7. The van der Waals surface area contributed by atoms with Crippen LogP contribution in [0.5, 0.6) is 5.75 Å². The molecule has 0 amide bonds. The normalized spacial score (nSPS) is 11.2. The first-order chi connectivity index (χ1) is 9.33. The van der Waals surface area contributed by atoms with Gasteiger partial charge in [0.15, 0.2) is 5.75 Å². The van der Waals surface area contributed by atoms with E-state index < -0.39 is 6.36 Å². The van der Waals surface area contributed by atoms with Crippen LogP contribution in [-0.4, -0.2) is 6.36 Å². The SMILES string of the molecule is Cc1cc(N)cc(Nc2ccccc2OC(F)(F)F)c1. The fraction of sp³-hybridized carbons (Fsp3) is 0.143. The third kappa shape index (κ3) is 3.81. The van der Waals surface area contributed by atoms with Crippen LogP contribution >= 0.6 is 0 Å². The van der Waals surface area contributed by atoms with Gasteiger partial charge in [-0.3, -0.25) is 0 Å². The maximum atomic E-state index is 12.3. The molecule has 2 aromatic rings. The Morgan fingerprint density at radius 1 is 1.10 bits per heavy atom. The van der Waals surface area contributed by atoms with Crippen LogP contribution in [0.2, 0.25) is 0 Å². The minimum absolute atomic E-state index is 0.217. The third-order valence-corrected chi connectivity index (χ3v) is 2.49. The molecule has 0 saturated heterocycles. The first-order valence-corrected chi connectivity index (χ1v) is 5.82. The van der Waals surface area contributed by atoms with Gasteiger partial charge in [-0.05, 0) is 42.8 Å². The van der Waals surface area contributed by atoms with Gasteiger partial charge in [-0.25, -0.2) is 0 Å². The fourth-order valence-electron chi connectivity index (χ4n) is 1.82.